The number of hydrogen-bond acceptors (Lipinski definition) is 4. The molecule has 1 heterocycles. The summed E-state index contributed by atoms with van der Waals surface area (Å²) in [6.07, 6.45) is 5.49. The Morgan fingerprint density at radius 3 is 2.56 bits per heavy atom. The molecule has 3 atom stereocenters. The van der Waals surface area contributed by atoms with Crippen LogP contribution in [0.1, 0.15) is 29.5 Å². The third-order valence-electron chi connectivity index (χ3n) is 5.46. The van der Waals surface area contributed by atoms with E-state index in [2.05, 4.69) is 39.5 Å². The van der Waals surface area contributed by atoms with Crippen LogP contribution in [0.4, 0.5) is 5.69 Å². The van der Waals surface area contributed by atoms with Crippen molar-refractivity contribution in [3.05, 3.63) is 57.0 Å². The van der Waals surface area contributed by atoms with Gasteiger partial charge in [0.2, 0.25) is 0 Å². The first kappa shape index (κ1) is 18.5. The first-order valence-electron chi connectivity index (χ1n) is 8.80. The molecule has 0 aromatic heterocycles. The summed E-state index contributed by atoms with van der Waals surface area (Å²) in [6, 6.07) is 8.06. The van der Waals surface area contributed by atoms with Gasteiger partial charge < -0.3 is 19.5 Å². The number of rotatable bonds is 4. The molecule has 2 aliphatic rings. The largest absolute Gasteiger partial charge is 0.495 e. The lowest BCUT2D eigenvalue weighted by molar-refractivity contribution is 0.350. The third kappa shape index (κ3) is 2.97. The van der Waals surface area contributed by atoms with E-state index in [1.54, 1.807) is 21.3 Å². The molecular formula is C21H21BrClNO3. The van der Waals surface area contributed by atoms with Crippen molar-refractivity contribution in [3.8, 4) is 17.2 Å². The first-order valence-corrected chi connectivity index (χ1v) is 9.97. The summed E-state index contributed by atoms with van der Waals surface area (Å²) in [5.41, 5.74) is 3.21. The van der Waals surface area contributed by atoms with Crippen molar-refractivity contribution < 1.29 is 14.2 Å². The summed E-state index contributed by atoms with van der Waals surface area (Å²) in [5, 5.41) is 4.46. The summed E-state index contributed by atoms with van der Waals surface area (Å²) in [6.45, 7) is 0. The number of halogens is 2. The molecule has 6 heteroatoms. The van der Waals surface area contributed by atoms with Crippen LogP contribution in [0.5, 0.6) is 17.2 Å². The molecule has 142 valence electrons. The maximum Gasteiger partial charge on any atom is 0.174 e. The molecule has 0 saturated heterocycles. The minimum absolute atomic E-state index is 0.0981. The Morgan fingerprint density at radius 1 is 1.07 bits per heavy atom. The van der Waals surface area contributed by atoms with E-state index < -0.39 is 0 Å². The first-order chi connectivity index (χ1) is 13.1. The smallest absolute Gasteiger partial charge is 0.174 e. The lowest BCUT2D eigenvalue weighted by Crippen LogP contribution is -2.29. The molecule has 0 saturated carbocycles. The van der Waals surface area contributed by atoms with Crippen LogP contribution in [0, 0.1) is 5.92 Å². The molecule has 0 unspecified atom stereocenters. The minimum atomic E-state index is 0.0981. The van der Waals surface area contributed by atoms with Gasteiger partial charge in [-0.05, 0) is 58.1 Å². The van der Waals surface area contributed by atoms with E-state index >= 15 is 0 Å². The number of nitrogens with one attached hydrogen (secondary N) is 1. The second kappa shape index (κ2) is 7.28. The Labute approximate surface area is 172 Å². The zero-order valence-corrected chi connectivity index (χ0v) is 17.7. The zero-order valence-electron chi connectivity index (χ0n) is 15.4. The number of anilines is 1. The summed E-state index contributed by atoms with van der Waals surface area (Å²) in [4.78, 5) is 0. The van der Waals surface area contributed by atoms with Crippen LogP contribution in [0.15, 0.2) is 40.9 Å². The number of benzene rings is 2. The predicted molar refractivity (Wildman–Crippen MR) is 112 cm³/mol. The highest BCUT2D eigenvalue weighted by atomic mass is 79.9. The van der Waals surface area contributed by atoms with Gasteiger partial charge in [-0.2, -0.15) is 0 Å². The van der Waals surface area contributed by atoms with E-state index in [9.17, 15) is 0 Å². The van der Waals surface area contributed by atoms with Crippen LogP contribution in [0.2, 0.25) is 5.02 Å². The lowest BCUT2D eigenvalue weighted by Gasteiger charge is -2.38. The van der Waals surface area contributed by atoms with Gasteiger partial charge >= 0.3 is 0 Å². The Kier molecular flexibility index (Phi) is 4.99. The van der Waals surface area contributed by atoms with Crippen LogP contribution >= 0.6 is 27.5 Å². The van der Waals surface area contributed by atoms with Crippen molar-refractivity contribution in [3.63, 3.8) is 0 Å². The Balaban J connectivity index is 1.85. The molecule has 4 rings (SSSR count). The highest BCUT2D eigenvalue weighted by Crippen LogP contribution is 2.55. The molecule has 0 bridgehead atoms. The lowest BCUT2D eigenvalue weighted by atomic mass is 9.76. The summed E-state index contributed by atoms with van der Waals surface area (Å²) in [5.74, 6) is 2.82. The van der Waals surface area contributed by atoms with Crippen molar-refractivity contribution in [2.24, 2.45) is 5.92 Å². The molecule has 0 fully saturated rings. The number of allylic oxidation sites excluding steroid dienone is 2. The van der Waals surface area contributed by atoms with Gasteiger partial charge in [0.1, 0.15) is 5.75 Å². The molecule has 1 aliphatic carbocycles. The van der Waals surface area contributed by atoms with E-state index in [1.165, 1.54) is 0 Å². The second-order valence-electron chi connectivity index (χ2n) is 6.75. The standard InChI is InChI=1S/C21H21BrClNO3/c1-25-16-8-7-15(23)18-12-5-4-6-13(12)19(24-20(16)18)11-9-14(22)21(27-3)17(10-11)26-2/h4-5,7-10,12-13,19,24H,6H2,1-3H3/t12-,13+,19+/m0/s1. The molecule has 2 aromatic carbocycles. The quantitative estimate of drug-likeness (QED) is 0.584. The summed E-state index contributed by atoms with van der Waals surface area (Å²) < 4.78 is 17.5. The number of hydrogen-bond donors (Lipinski definition) is 1. The normalized spacial score (nSPS) is 22.6. The number of ether oxygens (including phenoxy) is 3. The van der Waals surface area contributed by atoms with E-state index in [4.69, 9.17) is 25.8 Å². The molecule has 0 amide bonds. The van der Waals surface area contributed by atoms with Crippen molar-refractivity contribution in [1.82, 2.24) is 0 Å². The Bertz CT molecular complexity index is 915. The summed E-state index contributed by atoms with van der Waals surface area (Å²) in [7, 11) is 4.98. The van der Waals surface area contributed by atoms with E-state index in [0.717, 1.165) is 38.5 Å². The Hall–Kier alpha value is -1.85. The van der Waals surface area contributed by atoms with Crippen molar-refractivity contribution in [1.29, 1.82) is 0 Å². The fourth-order valence-corrected chi connectivity index (χ4v) is 5.16. The monoisotopic (exact) mass is 449 g/mol. The van der Waals surface area contributed by atoms with Crippen molar-refractivity contribution in [2.75, 3.05) is 26.6 Å². The van der Waals surface area contributed by atoms with Gasteiger partial charge in [-0.3, -0.25) is 0 Å². The molecular weight excluding hydrogens is 430 g/mol. The van der Waals surface area contributed by atoms with Crippen LogP contribution in [-0.2, 0) is 0 Å². The maximum atomic E-state index is 6.57. The molecule has 1 N–H and O–H groups in total. The van der Waals surface area contributed by atoms with Gasteiger partial charge in [0.05, 0.1) is 37.5 Å². The van der Waals surface area contributed by atoms with Crippen molar-refractivity contribution >= 4 is 33.2 Å². The molecule has 0 radical (unpaired) electrons. The van der Waals surface area contributed by atoms with E-state index in [0.29, 0.717) is 17.4 Å². The summed E-state index contributed by atoms with van der Waals surface area (Å²) >= 11 is 10.2. The number of methoxy groups -OCH3 is 3. The SMILES string of the molecule is COc1ccc(Cl)c2c1N[C@H](c1cc(Br)c(OC)c(OC)c1)[C@@H]1CC=C[C@H]21. The molecule has 2 aromatic rings. The zero-order chi connectivity index (χ0) is 19.1. The average molecular weight is 451 g/mol. The highest BCUT2D eigenvalue weighted by molar-refractivity contribution is 9.10. The molecule has 1 aliphatic heterocycles. The minimum Gasteiger partial charge on any atom is -0.495 e. The fraction of sp³-hybridized carbons (Fsp3) is 0.333. The third-order valence-corrected chi connectivity index (χ3v) is 6.38. The van der Waals surface area contributed by atoms with Gasteiger partial charge in [0, 0.05) is 16.5 Å². The van der Waals surface area contributed by atoms with Gasteiger partial charge in [0.25, 0.3) is 0 Å². The molecule has 4 nitrogen and oxygen atoms in total. The van der Waals surface area contributed by atoms with Crippen molar-refractivity contribution in [2.45, 2.75) is 18.4 Å². The van der Waals surface area contributed by atoms with E-state index in [-0.39, 0.29) is 12.0 Å². The van der Waals surface area contributed by atoms with Crippen LogP contribution < -0.4 is 19.5 Å². The maximum absolute atomic E-state index is 6.57. The van der Waals surface area contributed by atoms with Crippen LogP contribution in [0.25, 0.3) is 0 Å². The van der Waals surface area contributed by atoms with Gasteiger partial charge in [-0.15, -0.1) is 0 Å². The van der Waals surface area contributed by atoms with Gasteiger partial charge in [-0.25, -0.2) is 0 Å². The van der Waals surface area contributed by atoms with Gasteiger partial charge in [0.15, 0.2) is 11.5 Å². The number of fused-ring (bicyclic) bond motifs is 3. The van der Waals surface area contributed by atoms with Gasteiger partial charge in [-0.1, -0.05) is 23.8 Å². The van der Waals surface area contributed by atoms with Crippen LogP contribution in [-0.4, -0.2) is 21.3 Å². The average Bonchev–Trinajstić information content (AvgIpc) is 3.16. The fourth-order valence-electron chi connectivity index (χ4n) is 4.25. The highest BCUT2D eigenvalue weighted by Gasteiger charge is 2.40. The predicted octanol–water partition coefficient (Wildman–Crippen LogP) is 5.95. The van der Waals surface area contributed by atoms with E-state index in [1.807, 2.05) is 18.2 Å². The molecule has 0 spiro atoms. The Morgan fingerprint density at radius 2 is 1.85 bits per heavy atom. The molecule has 27 heavy (non-hydrogen) atoms. The van der Waals surface area contributed by atoms with Crippen LogP contribution in [0.3, 0.4) is 0 Å². The second-order valence-corrected chi connectivity index (χ2v) is 8.01. The topological polar surface area (TPSA) is 39.7 Å².